The highest BCUT2D eigenvalue weighted by Crippen LogP contribution is 2.32. The van der Waals surface area contributed by atoms with Gasteiger partial charge in [0.05, 0.1) is 12.8 Å². The highest BCUT2D eigenvalue weighted by atomic mass is 19.1. The molecule has 0 radical (unpaired) electrons. The third kappa shape index (κ3) is 3.17. The maximum Gasteiger partial charge on any atom is 0.245 e. The first-order valence-electron chi connectivity index (χ1n) is 10.6. The summed E-state index contributed by atoms with van der Waals surface area (Å²) >= 11 is 0. The first-order chi connectivity index (χ1) is 16.5. The Morgan fingerprint density at radius 3 is 2.91 bits per heavy atom. The first kappa shape index (κ1) is 20.3. The second kappa shape index (κ2) is 7.61. The fourth-order valence-electron chi connectivity index (χ4n) is 4.14. The number of rotatable bonds is 5. The maximum atomic E-state index is 14.5. The summed E-state index contributed by atoms with van der Waals surface area (Å²) in [6.07, 6.45) is 4.98. The molecule has 172 valence electrons. The van der Waals surface area contributed by atoms with Gasteiger partial charge >= 0.3 is 0 Å². The van der Waals surface area contributed by atoms with Crippen LogP contribution in [0.2, 0.25) is 0 Å². The van der Waals surface area contributed by atoms with E-state index in [0.717, 1.165) is 5.56 Å². The van der Waals surface area contributed by atoms with Crippen molar-refractivity contribution in [1.29, 1.82) is 0 Å². The number of nitrogens with zero attached hydrogens (tertiary/aromatic N) is 8. The minimum atomic E-state index is -0.479. The van der Waals surface area contributed by atoms with E-state index in [1.807, 2.05) is 0 Å². The van der Waals surface area contributed by atoms with E-state index in [4.69, 9.17) is 4.74 Å². The zero-order valence-corrected chi connectivity index (χ0v) is 18.3. The molecule has 4 aromatic heterocycles. The Hall–Kier alpha value is -4.35. The van der Waals surface area contributed by atoms with E-state index in [-0.39, 0.29) is 12.4 Å². The van der Waals surface area contributed by atoms with E-state index in [9.17, 15) is 8.78 Å². The molecule has 10 nitrogen and oxygen atoms in total. The van der Waals surface area contributed by atoms with Gasteiger partial charge in [0.25, 0.3) is 0 Å². The summed E-state index contributed by atoms with van der Waals surface area (Å²) in [5.74, 6) is 0.781. The summed E-state index contributed by atoms with van der Waals surface area (Å²) in [5, 5.41) is 15.7. The van der Waals surface area contributed by atoms with Crippen LogP contribution in [0.15, 0.2) is 36.9 Å². The number of hydrogen-bond donors (Lipinski definition) is 1. The van der Waals surface area contributed by atoms with E-state index in [0.29, 0.717) is 58.7 Å². The van der Waals surface area contributed by atoms with Crippen molar-refractivity contribution in [2.75, 3.05) is 30.9 Å². The van der Waals surface area contributed by atoms with Gasteiger partial charge in [0, 0.05) is 55.5 Å². The van der Waals surface area contributed by atoms with Crippen LogP contribution in [0.4, 0.5) is 20.7 Å². The predicted molar refractivity (Wildman–Crippen MR) is 120 cm³/mol. The number of anilines is 2. The number of fused-ring (bicyclic) bond motifs is 3. The van der Waals surface area contributed by atoms with Gasteiger partial charge in [0.2, 0.25) is 11.9 Å². The SMILES string of the molecule is CN(C)c1nc2c(-c3cnc(NCc4c(F)ccc5c4CCO5)n4cnnc34)cc(F)cn2n1. The van der Waals surface area contributed by atoms with Gasteiger partial charge in [-0.2, -0.15) is 4.98 Å². The molecule has 0 aliphatic carbocycles. The molecule has 34 heavy (non-hydrogen) atoms. The second-order valence-electron chi connectivity index (χ2n) is 8.12. The lowest BCUT2D eigenvalue weighted by molar-refractivity contribution is 0.356. The smallest absolute Gasteiger partial charge is 0.245 e. The Morgan fingerprint density at radius 2 is 2.06 bits per heavy atom. The molecular formula is C22H19F2N9O. The number of pyridine rings is 1. The zero-order valence-electron chi connectivity index (χ0n) is 18.3. The molecule has 1 aliphatic heterocycles. The van der Waals surface area contributed by atoms with Crippen LogP contribution in [0.3, 0.4) is 0 Å². The molecule has 5 heterocycles. The average Bonchev–Trinajstić information content (AvgIpc) is 3.56. The minimum absolute atomic E-state index is 0.207. The van der Waals surface area contributed by atoms with Gasteiger partial charge in [-0.05, 0) is 18.2 Å². The summed E-state index contributed by atoms with van der Waals surface area (Å²) in [4.78, 5) is 10.8. The van der Waals surface area contributed by atoms with Crippen LogP contribution in [-0.2, 0) is 13.0 Å². The van der Waals surface area contributed by atoms with Crippen molar-refractivity contribution in [3.63, 3.8) is 0 Å². The Labute approximate surface area is 191 Å². The Bertz CT molecular complexity index is 1560. The summed E-state index contributed by atoms with van der Waals surface area (Å²) in [6.45, 7) is 0.743. The Kier molecular flexibility index (Phi) is 4.54. The number of nitrogens with one attached hydrogen (secondary N) is 1. The molecule has 0 fully saturated rings. The van der Waals surface area contributed by atoms with E-state index in [2.05, 4.69) is 30.6 Å². The Balaban J connectivity index is 1.41. The van der Waals surface area contributed by atoms with Crippen LogP contribution in [-0.4, -0.2) is 54.9 Å². The zero-order chi connectivity index (χ0) is 23.4. The normalized spacial score (nSPS) is 12.8. The monoisotopic (exact) mass is 463 g/mol. The number of benzene rings is 1. The first-order valence-corrected chi connectivity index (χ1v) is 10.6. The highest BCUT2D eigenvalue weighted by molar-refractivity contribution is 5.86. The van der Waals surface area contributed by atoms with Crippen molar-refractivity contribution in [2.24, 2.45) is 0 Å². The van der Waals surface area contributed by atoms with E-state index < -0.39 is 5.82 Å². The molecule has 6 rings (SSSR count). The van der Waals surface area contributed by atoms with Crippen LogP contribution in [0.25, 0.3) is 22.4 Å². The molecule has 0 bridgehead atoms. The quantitative estimate of drug-likeness (QED) is 0.425. The predicted octanol–water partition coefficient (Wildman–Crippen LogP) is 2.73. The van der Waals surface area contributed by atoms with Gasteiger partial charge in [-0.1, -0.05) is 0 Å². The van der Waals surface area contributed by atoms with Gasteiger partial charge in [-0.25, -0.2) is 18.3 Å². The van der Waals surface area contributed by atoms with Crippen LogP contribution in [0.1, 0.15) is 11.1 Å². The summed E-state index contributed by atoms with van der Waals surface area (Å²) in [5.41, 5.74) is 3.30. The van der Waals surface area contributed by atoms with Crippen molar-refractivity contribution in [1.82, 2.24) is 34.2 Å². The molecule has 0 saturated heterocycles. The fraction of sp³-hybridized carbons (Fsp3) is 0.227. The van der Waals surface area contributed by atoms with Gasteiger partial charge in [-0.3, -0.25) is 4.40 Å². The van der Waals surface area contributed by atoms with Crippen LogP contribution in [0.5, 0.6) is 5.75 Å². The summed E-state index contributed by atoms with van der Waals surface area (Å²) < 4.78 is 37.5. The van der Waals surface area contributed by atoms with Gasteiger partial charge in [0.1, 0.15) is 23.7 Å². The molecule has 1 aromatic carbocycles. The van der Waals surface area contributed by atoms with E-state index in [1.54, 1.807) is 35.7 Å². The van der Waals surface area contributed by atoms with Gasteiger partial charge < -0.3 is 15.0 Å². The second-order valence-corrected chi connectivity index (χ2v) is 8.12. The van der Waals surface area contributed by atoms with Crippen LogP contribution >= 0.6 is 0 Å². The molecule has 0 amide bonds. The molecule has 1 aliphatic rings. The van der Waals surface area contributed by atoms with Gasteiger partial charge in [0.15, 0.2) is 11.3 Å². The largest absolute Gasteiger partial charge is 0.493 e. The van der Waals surface area contributed by atoms with Crippen molar-refractivity contribution in [3.05, 3.63) is 59.7 Å². The third-order valence-electron chi connectivity index (χ3n) is 5.78. The van der Waals surface area contributed by atoms with Crippen molar-refractivity contribution >= 4 is 23.2 Å². The summed E-state index contributed by atoms with van der Waals surface area (Å²) in [6, 6.07) is 4.42. The van der Waals surface area contributed by atoms with E-state index in [1.165, 1.54) is 29.2 Å². The van der Waals surface area contributed by atoms with Gasteiger partial charge in [-0.15, -0.1) is 15.3 Å². The number of aromatic nitrogens is 7. The molecule has 1 N–H and O–H groups in total. The maximum absolute atomic E-state index is 14.5. The lowest BCUT2D eigenvalue weighted by Crippen LogP contribution is -2.10. The lowest BCUT2D eigenvalue weighted by Gasteiger charge is -2.12. The molecule has 5 aromatic rings. The van der Waals surface area contributed by atoms with Crippen LogP contribution in [0, 0.1) is 11.6 Å². The number of halogens is 2. The highest BCUT2D eigenvalue weighted by Gasteiger charge is 2.21. The molecule has 0 unspecified atom stereocenters. The van der Waals surface area contributed by atoms with Crippen molar-refractivity contribution in [3.8, 4) is 16.9 Å². The topological polar surface area (TPSA) is 97.8 Å². The average molecular weight is 463 g/mol. The fourth-order valence-corrected chi connectivity index (χ4v) is 4.14. The standard InChI is InChI=1S/C22H19F2N9O/c1-31(2)22-28-19-14(7-12(23)10-33(19)30-22)16-9-26-21(32-11-27-29-20(16)32)25-8-15-13-5-6-34-18(13)4-3-17(15)24/h3-4,7,9-11H,5-6,8H2,1-2H3,(H,25,26). The summed E-state index contributed by atoms with van der Waals surface area (Å²) in [7, 11) is 3.61. The molecular weight excluding hydrogens is 444 g/mol. The third-order valence-corrected chi connectivity index (χ3v) is 5.78. The van der Waals surface area contributed by atoms with Crippen LogP contribution < -0.4 is 15.0 Å². The van der Waals surface area contributed by atoms with Crippen molar-refractivity contribution in [2.45, 2.75) is 13.0 Å². The molecule has 0 atom stereocenters. The van der Waals surface area contributed by atoms with Crippen molar-refractivity contribution < 1.29 is 13.5 Å². The van der Waals surface area contributed by atoms with E-state index >= 15 is 0 Å². The lowest BCUT2D eigenvalue weighted by atomic mass is 10.0. The number of hydrogen-bond acceptors (Lipinski definition) is 8. The minimum Gasteiger partial charge on any atom is -0.493 e. The number of ether oxygens (including phenoxy) is 1. The molecule has 0 spiro atoms. The molecule has 12 heteroatoms. The Morgan fingerprint density at radius 1 is 1.18 bits per heavy atom. The molecule has 0 saturated carbocycles.